The van der Waals surface area contributed by atoms with Crippen LogP contribution in [0.1, 0.15) is 6.42 Å². The third kappa shape index (κ3) is 2.90. The lowest BCUT2D eigenvalue weighted by Crippen LogP contribution is -2.31. The van der Waals surface area contributed by atoms with Crippen LogP contribution in [0.25, 0.3) is 0 Å². The molecule has 0 heterocycles. The van der Waals surface area contributed by atoms with E-state index >= 15 is 0 Å². The van der Waals surface area contributed by atoms with Crippen LogP contribution < -0.4 is 10.2 Å². The van der Waals surface area contributed by atoms with Gasteiger partial charge in [-0.1, -0.05) is 24.3 Å². The van der Waals surface area contributed by atoms with Gasteiger partial charge in [0.25, 0.3) is 0 Å². The lowest BCUT2D eigenvalue weighted by Gasteiger charge is -2.09. The molecule has 0 amide bonds. The van der Waals surface area contributed by atoms with E-state index in [1.54, 1.807) is 30.3 Å². The van der Waals surface area contributed by atoms with Crippen molar-refractivity contribution in [2.45, 2.75) is 6.42 Å². The van der Waals surface area contributed by atoms with Crippen LogP contribution in [0.3, 0.4) is 0 Å². The largest absolute Gasteiger partial charge is 0.494 e. The first-order chi connectivity index (χ1) is 6.75. The molecule has 0 aliphatic rings. The monoisotopic (exact) mass is 192 g/mol. The maximum atomic E-state index is 9.02. The van der Waals surface area contributed by atoms with Crippen LogP contribution in [0.2, 0.25) is 0 Å². The Morgan fingerprint density at radius 3 is 2.71 bits per heavy atom. The molecular formula is C10H13BO3. The molecule has 0 aliphatic heterocycles. The zero-order chi connectivity index (χ0) is 10.4. The van der Waals surface area contributed by atoms with Crippen molar-refractivity contribution in [2.75, 3.05) is 6.61 Å². The van der Waals surface area contributed by atoms with Gasteiger partial charge >= 0.3 is 7.12 Å². The molecule has 0 aromatic heterocycles. The van der Waals surface area contributed by atoms with Crippen molar-refractivity contribution in [1.82, 2.24) is 0 Å². The van der Waals surface area contributed by atoms with E-state index in [2.05, 4.69) is 6.58 Å². The third-order valence-corrected chi connectivity index (χ3v) is 1.78. The lowest BCUT2D eigenvalue weighted by molar-refractivity contribution is 0.325. The van der Waals surface area contributed by atoms with E-state index in [1.807, 2.05) is 0 Å². The van der Waals surface area contributed by atoms with E-state index in [0.29, 0.717) is 17.8 Å². The van der Waals surface area contributed by atoms with Gasteiger partial charge in [-0.3, -0.25) is 0 Å². The minimum Gasteiger partial charge on any atom is -0.494 e. The molecular weight excluding hydrogens is 179 g/mol. The van der Waals surface area contributed by atoms with Crippen LogP contribution in [0.4, 0.5) is 0 Å². The minimum absolute atomic E-state index is 0.386. The Kier molecular flexibility index (Phi) is 4.23. The summed E-state index contributed by atoms with van der Waals surface area (Å²) in [5, 5.41) is 18.0. The summed E-state index contributed by atoms with van der Waals surface area (Å²) in [6.07, 6.45) is 2.48. The van der Waals surface area contributed by atoms with Gasteiger partial charge < -0.3 is 14.8 Å². The van der Waals surface area contributed by atoms with Crippen LogP contribution in [-0.2, 0) is 0 Å². The normalized spacial score (nSPS) is 9.57. The first-order valence-corrected chi connectivity index (χ1v) is 4.44. The molecule has 0 radical (unpaired) electrons. The zero-order valence-electron chi connectivity index (χ0n) is 7.89. The summed E-state index contributed by atoms with van der Waals surface area (Å²) in [7, 11) is -1.49. The van der Waals surface area contributed by atoms with Crippen molar-refractivity contribution in [2.24, 2.45) is 0 Å². The van der Waals surface area contributed by atoms with E-state index < -0.39 is 7.12 Å². The molecule has 1 aromatic carbocycles. The molecule has 3 nitrogen and oxygen atoms in total. The van der Waals surface area contributed by atoms with Gasteiger partial charge in [-0.2, -0.15) is 0 Å². The summed E-state index contributed by atoms with van der Waals surface area (Å²) >= 11 is 0. The lowest BCUT2D eigenvalue weighted by atomic mass is 9.79. The molecule has 1 aromatic rings. The van der Waals surface area contributed by atoms with Gasteiger partial charge in [0.15, 0.2) is 0 Å². The number of ether oxygens (including phenoxy) is 1. The quantitative estimate of drug-likeness (QED) is 0.401. The molecule has 0 bridgehead atoms. The average molecular weight is 192 g/mol. The Hall–Kier alpha value is -1.26. The Labute approximate surface area is 83.8 Å². The molecule has 1 rings (SSSR count). The highest BCUT2D eigenvalue weighted by Crippen LogP contribution is 2.07. The first kappa shape index (κ1) is 10.8. The highest BCUT2D eigenvalue weighted by molar-refractivity contribution is 6.59. The molecule has 0 aliphatic carbocycles. The van der Waals surface area contributed by atoms with Crippen LogP contribution >= 0.6 is 0 Å². The topological polar surface area (TPSA) is 49.7 Å². The highest BCUT2D eigenvalue weighted by Gasteiger charge is 2.15. The van der Waals surface area contributed by atoms with Crippen LogP contribution in [0.15, 0.2) is 36.9 Å². The van der Waals surface area contributed by atoms with Crippen LogP contribution in [-0.4, -0.2) is 23.8 Å². The number of para-hydroxylation sites is 1. The van der Waals surface area contributed by atoms with Gasteiger partial charge in [-0.25, -0.2) is 0 Å². The summed E-state index contributed by atoms with van der Waals surface area (Å²) in [6.45, 7) is 4.06. The van der Waals surface area contributed by atoms with Gasteiger partial charge in [0.1, 0.15) is 5.75 Å². The van der Waals surface area contributed by atoms with Gasteiger partial charge in [-0.15, -0.1) is 6.58 Å². The summed E-state index contributed by atoms with van der Waals surface area (Å²) in [6, 6.07) is 6.84. The highest BCUT2D eigenvalue weighted by atomic mass is 16.5. The predicted octanol–water partition coefficient (Wildman–Crippen LogP) is 0.321. The third-order valence-electron chi connectivity index (χ3n) is 1.78. The van der Waals surface area contributed by atoms with E-state index in [4.69, 9.17) is 14.8 Å². The van der Waals surface area contributed by atoms with E-state index in [9.17, 15) is 0 Å². The molecule has 0 saturated carbocycles. The smallest absolute Gasteiger partial charge is 0.492 e. The summed E-state index contributed by atoms with van der Waals surface area (Å²) in [5.74, 6) is 0.504. The van der Waals surface area contributed by atoms with Gasteiger partial charge in [-0.05, 0) is 12.5 Å². The molecule has 0 unspecified atom stereocenters. The molecule has 0 fully saturated rings. The first-order valence-electron chi connectivity index (χ1n) is 4.44. The second-order valence-corrected chi connectivity index (χ2v) is 2.84. The Morgan fingerprint density at radius 1 is 1.36 bits per heavy atom. The number of rotatable bonds is 5. The fourth-order valence-electron chi connectivity index (χ4n) is 1.08. The van der Waals surface area contributed by atoms with E-state index in [1.165, 1.54) is 0 Å². The van der Waals surface area contributed by atoms with Gasteiger partial charge in [0.2, 0.25) is 0 Å². The number of hydrogen-bond donors (Lipinski definition) is 2. The zero-order valence-corrected chi connectivity index (χ0v) is 7.89. The maximum absolute atomic E-state index is 9.02. The predicted molar refractivity (Wildman–Crippen MR) is 56.6 cm³/mol. The molecule has 0 saturated heterocycles. The number of hydrogen-bond acceptors (Lipinski definition) is 3. The van der Waals surface area contributed by atoms with Crippen LogP contribution in [0.5, 0.6) is 5.75 Å². The number of benzene rings is 1. The maximum Gasteiger partial charge on any atom is 0.492 e. The molecule has 0 spiro atoms. The molecule has 74 valence electrons. The van der Waals surface area contributed by atoms with Gasteiger partial charge in [0, 0.05) is 5.46 Å². The average Bonchev–Trinajstić information content (AvgIpc) is 2.19. The van der Waals surface area contributed by atoms with Crippen molar-refractivity contribution in [3.8, 4) is 5.75 Å². The molecule has 0 atom stereocenters. The Bertz CT molecular complexity index is 299. The van der Waals surface area contributed by atoms with Crippen LogP contribution in [0, 0.1) is 0 Å². The van der Waals surface area contributed by atoms with Gasteiger partial charge in [0.05, 0.1) is 6.61 Å². The SMILES string of the molecule is C=CCCOc1ccccc1B(O)O. The summed E-state index contributed by atoms with van der Waals surface area (Å²) in [4.78, 5) is 0. The molecule has 4 heteroatoms. The fraction of sp³-hybridized carbons (Fsp3) is 0.200. The van der Waals surface area contributed by atoms with Crippen molar-refractivity contribution in [1.29, 1.82) is 0 Å². The summed E-state index contributed by atoms with van der Waals surface area (Å²) < 4.78 is 5.35. The van der Waals surface area contributed by atoms with Crippen molar-refractivity contribution < 1.29 is 14.8 Å². The fourth-order valence-corrected chi connectivity index (χ4v) is 1.08. The molecule has 2 N–H and O–H groups in total. The summed E-state index contributed by atoms with van der Waals surface area (Å²) in [5.41, 5.74) is 0.386. The van der Waals surface area contributed by atoms with E-state index in [-0.39, 0.29) is 0 Å². The van der Waals surface area contributed by atoms with Crippen molar-refractivity contribution in [3.63, 3.8) is 0 Å². The Morgan fingerprint density at radius 2 is 2.07 bits per heavy atom. The minimum atomic E-state index is -1.49. The second kappa shape index (κ2) is 5.47. The van der Waals surface area contributed by atoms with Crippen molar-refractivity contribution >= 4 is 12.6 Å². The van der Waals surface area contributed by atoms with Crippen molar-refractivity contribution in [3.05, 3.63) is 36.9 Å². The second-order valence-electron chi connectivity index (χ2n) is 2.84. The standard InChI is InChI=1S/C10H13BO3/c1-2-3-8-14-10-7-5-4-6-9(10)11(12)13/h2,4-7,12-13H,1,3,8H2. The molecule has 14 heavy (non-hydrogen) atoms. The van der Waals surface area contributed by atoms with E-state index in [0.717, 1.165) is 6.42 Å². The Balaban J connectivity index is 2.69.